The first-order valence-corrected chi connectivity index (χ1v) is 4.22. The van der Waals surface area contributed by atoms with Crippen LogP contribution in [-0.4, -0.2) is 4.98 Å². The number of nitrogens with zero attached hydrogens (tertiary/aromatic N) is 3. The van der Waals surface area contributed by atoms with Crippen LogP contribution >= 0.6 is 11.6 Å². The van der Waals surface area contributed by atoms with Crippen molar-refractivity contribution >= 4 is 11.6 Å². The van der Waals surface area contributed by atoms with Crippen LogP contribution in [-0.2, 0) is 6.42 Å². The maximum absolute atomic E-state index is 12.4. The fraction of sp³-hybridized carbons (Fsp3) is 0.222. The first kappa shape index (κ1) is 11.4. The summed E-state index contributed by atoms with van der Waals surface area (Å²) in [5.74, 6) is 0. The second-order valence-electron chi connectivity index (χ2n) is 2.62. The SMILES string of the molecule is N#CCc1cc(C#N)c(C(F)F)nc1Cl. The van der Waals surface area contributed by atoms with Crippen LogP contribution in [0.3, 0.4) is 0 Å². The highest BCUT2D eigenvalue weighted by Crippen LogP contribution is 2.25. The molecule has 0 saturated carbocycles. The Bertz CT molecular complexity index is 460. The van der Waals surface area contributed by atoms with E-state index >= 15 is 0 Å². The summed E-state index contributed by atoms with van der Waals surface area (Å²) in [5.41, 5.74) is -0.621. The van der Waals surface area contributed by atoms with Crippen molar-refractivity contribution in [3.05, 3.63) is 28.0 Å². The Kier molecular flexibility index (Phi) is 3.54. The lowest BCUT2D eigenvalue weighted by Gasteiger charge is -2.05. The standard InChI is InChI=1S/C9H4ClF2N3/c10-8-5(1-2-13)3-6(4-14)7(15-8)9(11)12/h3,9H,1H2. The summed E-state index contributed by atoms with van der Waals surface area (Å²) in [6.07, 6.45) is -2.92. The summed E-state index contributed by atoms with van der Waals surface area (Å²) >= 11 is 5.58. The van der Waals surface area contributed by atoms with Gasteiger partial charge in [-0.25, -0.2) is 13.8 Å². The molecule has 0 radical (unpaired) electrons. The maximum atomic E-state index is 12.4. The average molecular weight is 228 g/mol. The summed E-state index contributed by atoms with van der Waals surface area (Å²) in [4.78, 5) is 3.40. The third kappa shape index (κ3) is 2.39. The molecular formula is C9H4ClF2N3. The van der Waals surface area contributed by atoms with Gasteiger partial charge in [0.25, 0.3) is 6.43 Å². The molecule has 0 aromatic carbocycles. The molecule has 0 amide bonds. The highest BCUT2D eigenvalue weighted by molar-refractivity contribution is 6.30. The molecule has 0 aliphatic heterocycles. The number of halogens is 3. The van der Waals surface area contributed by atoms with Crippen LogP contribution in [0.15, 0.2) is 6.07 Å². The lowest BCUT2D eigenvalue weighted by atomic mass is 10.1. The second kappa shape index (κ2) is 4.68. The van der Waals surface area contributed by atoms with Crippen LogP contribution in [0.2, 0.25) is 5.15 Å². The fourth-order valence-corrected chi connectivity index (χ4v) is 1.22. The van der Waals surface area contributed by atoms with Gasteiger partial charge >= 0.3 is 0 Å². The van der Waals surface area contributed by atoms with Crippen molar-refractivity contribution in [3.63, 3.8) is 0 Å². The number of alkyl halides is 2. The number of pyridine rings is 1. The Morgan fingerprint density at radius 1 is 1.47 bits per heavy atom. The van der Waals surface area contributed by atoms with E-state index in [9.17, 15) is 8.78 Å². The van der Waals surface area contributed by atoms with E-state index in [0.717, 1.165) is 0 Å². The molecule has 6 heteroatoms. The van der Waals surface area contributed by atoms with Crippen LogP contribution in [0.5, 0.6) is 0 Å². The Morgan fingerprint density at radius 2 is 2.13 bits per heavy atom. The van der Waals surface area contributed by atoms with Gasteiger partial charge in [0.1, 0.15) is 16.9 Å². The molecule has 0 unspecified atom stereocenters. The normalized spacial score (nSPS) is 9.73. The van der Waals surface area contributed by atoms with Crippen LogP contribution in [0, 0.1) is 22.7 Å². The van der Waals surface area contributed by atoms with Gasteiger partial charge in [0, 0.05) is 5.56 Å². The van der Waals surface area contributed by atoms with Gasteiger partial charge < -0.3 is 0 Å². The molecule has 15 heavy (non-hydrogen) atoms. The predicted molar refractivity (Wildman–Crippen MR) is 48.2 cm³/mol. The van der Waals surface area contributed by atoms with Crippen molar-refractivity contribution in [1.29, 1.82) is 10.5 Å². The molecule has 0 fully saturated rings. The summed E-state index contributed by atoms with van der Waals surface area (Å²) in [5, 5.41) is 16.9. The molecule has 1 aromatic rings. The van der Waals surface area contributed by atoms with E-state index in [1.54, 1.807) is 12.1 Å². The third-order valence-electron chi connectivity index (χ3n) is 1.67. The zero-order valence-corrected chi connectivity index (χ0v) is 8.09. The van der Waals surface area contributed by atoms with Crippen molar-refractivity contribution in [3.8, 4) is 12.1 Å². The average Bonchev–Trinajstić information content (AvgIpc) is 2.20. The quantitative estimate of drug-likeness (QED) is 0.730. The molecule has 0 aliphatic carbocycles. The minimum atomic E-state index is -2.85. The van der Waals surface area contributed by atoms with E-state index in [0.29, 0.717) is 0 Å². The van der Waals surface area contributed by atoms with Gasteiger partial charge in [-0.15, -0.1) is 0 Å². The topological polar surface area (TPSA) is 60.5 Å². The summed E-state index contributed by atoms with van der Waals surface area (Å²) < 4.78 is 24.7. The molecule has 3 nitrogen and oxygen atoms in total. The zero-order valence-electron chi connectivity index (χ0n) is 7.34. The summed E-state index contributed by atoms with van der Waals surface area (Å²) in [7, 11) is 0. The van der Waals surface area contributed by atoms with Crippen molar-refractivity contribution in [1.82, 2.24) is 4.98 Å². The smallest absolute Gasteiger partial charge is 0.233 e. The second-order valence-corrected chi connectivity index (χ2v) is 2.98. The Hall–Kier alpha value is -1.72. The highest BCUT2D eigenvalue weighted by Gasteiger charge is 2.17. The molecule has 0 aliphatic rings. The molecule has 0 atom stereocenters. The number of hydrogen-bond acceptors (Lipinski definition) is 3. The zero-order chi connectivity index (χ0) is 11.4. The summed E-state index contributed by atoms with van der Waals surface area (Å²) in [6.45, 7) is 0. The van der Waals surface area contributed by atoms with Crippen molar-refractivity contribution < 1.29 is 8.78 Å². The van der Waals surface area contributed by atoms with Crippen LogP contribution in [0.1, 0.15) is 23.2 Å². The molecule has 1 heterocycles. The number of nitriles is 2. The molecule has 0 N–H and O–H groups in total. The van der Waals surface area contributed by atoms with Gasteiger partial charge in [-0.2, -0.15) is 10.5 Å². The number of hydrogen-bond donors (Lipinski definition) is 0. The first-order valence-electron chi connectivity index (χ1n) is 3.84. The molecule has 0 bridgehead atoms. The van der Waals surface area contributed by atoms with E-state index in [4.69, 9.17) is 22.1 Å². The van der Waals surface area contributed by atoms with Gasteiger partial charge in [-0.05, 0) is 6.07 Å². The minimum absolute atomic E-state index is 0.0654. The van der Waals surface area contributed by atoms with Gasteiger partial charge in [0.05, 0.1) is 18.1 Å². The van der Waals surface area contributed by atoms with E-state index in [-0.39, 0.29) is 22.7 Å². The third-order valence-corrected chi connectivity index (χ3v) is 2.00. The molecule has 76 valence electrons. The monoisotopic (exact) mass is 227 g/mol. The Balaban J connectivity index is 3.32. The summed E-state index contributed by atoms with van der Waals surface area (Å²) in [6, 6.07) is 4.56. The molecule has 1 aromatic heterocycles. The molecule has 0 saturated heterocycles. The molecular weight excluding hydrogens is 224 g/mol. The highest BCUT2D eigenvalue weighted by atomic mass is 35.5. The van der Waals surface area contributed by atoms with E-state index in [1.807, 2.05) is 0 Å². The van der Waals surface area contributed by atoms with E-state index < -0.39 is 12.1 Å². The van der Waals surface area contributed by atoms with E-state index in [1.165, 1.54) is 6.07 Å². The van der Waals surface area contributed by atoms with Crippen molar-refractivity contribution in [2.24, 2.45) is 0 Å². The fourth-order valence-electron chi connectivity index (χ4n) is 1.01. The van der Waals surface area contributed by atoms with Crippen LogP contribution in [0.4, 0.5) is 8.78 Å². The minimum Gasteiger partial charge on any atom is -0.233 e. The number of rotatable bonds is 2. The van der Waals surface area contributed by atoms with Gasteiger partial charge in [0.15, 0.2) is 0 Å². The maximum Gasteiger partial charge on any atom is 0.281 e. The first-order chi connectivity index (χ1) is 7.10. The lowest BCUT2D eigenvalue weighted by molar-refractivity contribution is 0.145. The van der Waals surface area contributed by atoms with Gasteiger partial charge in [0.2, 0.25) is 0 Å². The predicted octanol–water partition coefficient (Wildman–Crippen LogP) is 2.61. The Labute approximate surface area is 89.5 Å². The molecule has 0 spiro atoms. The van der Waals surface area contributed by atoms with E-state index in [2.05, 4.69) is 4.98 Å². The Morgan fingerprint density at radius 3 is 2.60 bits per heavy atom. The van der Waals surface area contributed by atoms with Crippen LogP contribution < -0.4 is 0 Å². The molecule has 1 rings (SSSR count). The van der Waals surface area contributed by atoms with Gasteiger partial charge in [-0.3, -0.25) is 0 Å². The van der Waals surface area contributed by atoms with Crippen LogP contribution in [0.25, 0.3) is 0 Å². The van der Waals surface area contributed by atoms with Crippen molar-refractivity contribution in [2.45, 2.75) is 12.8 Å². The van der Waals surface area contributed by atoms with Gasteiger partial charge in [-0.1, -0.05) is 11.6 Å². The number of aromatic nitrogens is 1. The largest absolute Gasteiger partial charge is 0.281 e. The van der Waals surface area contributed by atoms with Crippen molar-refractivity contribution in [2.75, 3.05) is 0 Å². The lowest BCUT2D eigenvalue weighted by Crippen LogP contribution is -1.99.